The molecule has 6 nitrogen and oxygen atoms in total. The molecular weight excluding hydrogens is 248 g/mol. The second-order valence-electron chi connectivity index (χ2n) is 4.84. The van der Waals surface area contributed by atoms with Gasteiger partial charge in [0.05, 0.1) is 31.6 Å². The van der Waals surface area contributed by atoms with Crippen molar-refractivity contribution in [3.63, 3.8) is 0 Å². The van der Waals surface area contributed by atoms with Gasteiger partial charge in [0.1, 0.15) is 5.69 Å². The largest absolute Gasteiger partial charge is 0.477 e. The highest BCUT2D eigenvalue weighted by Gasteiger charge is 2.40. The van der Waals surface area contributed by atoms with E-state index in [1.54, 1.807) is 12.3 Å². The minimum absolute atomic E-state index is 0.0591. The summed E-state index contributed by atoms with van der Waals surface area (Å²) in [6, 6.07) is 3.31. The number of pyridine rings is 1. The Morgan fingerprint density at radius 1 is 1.37 bits per heavy atom. The molecule has 3 rings (SSSR count). The molecule has 1 spiro atoms. The van der Waals surface area contributed by atoms with Gasteiger partial charge in [-0.15, -0.1) is 0 Å². The van der Waals surface area contributed by atoms with Crippen molar-refractivity contribution in [3.05, 3.63) is 24.0 Å². The molecule has 0 aromatic carbocycles. The van der Waals surface area contributed by atoms with Crippen molar-refractivity contribution >= 4 is 11.7 Å². The molecule has 1 aromatic rings. The Morgan fingerprint density at radius 2 is 2.16 bits per heavy atom. The van der Waals surface area contributed by atoms with Crippen LogP contribution in [0.15, 0.2) is 18.3 Å². The monoisotopic (exact) mass is 264 g/mol. The lowest BCUT2D eigenvalue weighted by Crippen LogP contribution is -2.49. The molecule has 0 atom stereocenters. The molecule has 0 amide bonds. The first-order chi connectivity index (χ1) is 9.19. The number of hydrogen-bond donors (Lipinski definition) is 1. The second kappa shape index (κ2) is 4.79. The van der Waals surface area contributed by atoms with Crippen LogP contribution < -0.4 is 4.90 Å². The van der Waals surface area contributed by atoms with E-state index in [4.69, 9.17) is 14.6 Å². The number of carboxylic acid groups (broad SMARTS) is 1. The molecule has 0 aliphatic carbocycles. The van der Waals surface area contributed by atoms with Crippen LogP contribution in [0.2, 0.25) is 0 Å². The van der Waals surface area contributed by atoms with E-state index in [1.165, 1.54) is 6.07 Å². The fourth-order valence-corrected chi connectivity index (χ4v) is 2.64. The van der Waals surface area contributed by atoms with Crippen molar-refractivity contribution in [1.29, 1.82) is 0 Å². The standard InChI is InChI=1S/C13H16N2O4/c16-12(17)11-3-2-10(8-14-11)15-5-1-4-13(9-15)18-6-7-19-13/h2-3,8H,1,4-7,9H2,(H,16,17). The van der Waals surface area contributed by atoms with Crippen molar-refractivity contribution < 1.29 is 19.4 Å². The maximum atomic E-state index is 10.8. The van der Waals surface area contributed by atoms with Gasteiger partial charge in [-0.2, -0.15) is 0 Å². The third-order valence-electron chi connectivity index (χ3n) is 3.56. The zero-order chi connectivity index (χ0) is 13.3. The molecule has 0 saturated carbocycles. The van der Waals surface area contributed by atoms with E-state index >= 15 is 0 Å². The number of aromatic carboxylic acids is 1. The first-order valence-corrected chi connectivity index (χ1v) is 6.41. The van der Waals surface area contributed by atoms with Crippen LogP contribution in [0.25, 0.3) is 0 Å². The SMILES string of the molecule is O=C(O)c1ccc(N2CCCC3(C2)OCCO3)cn1. The number of carboxylic acids is 1. The third kappa shape index (κ3) is 2.41. The molecule has 2 saturated heterocycles. The van der Waals surface area contributed by atoms with Gasteiger partial charge in [-0.05, 0) is 18.6 Å². The molecule has 6 heteroatoms. The van der Waals surface area contributed by atoms with Crippen LogP contribution in [0, 0.1) is 0 Å². The van der Waals surface area contributed by atoms with Gasteiger partial charge >= 0.3 is 5.97 Å². The Balaban J connectivity index is 1.76. The van der Waals surface area contributed by atoms with Gasteiger partial charge in [0.25, 0.3) is 0 Å². The molecule has 0 unspecified atom stereocenters. The Bertz CT molecular complexity index is 468. The minimum Gasteiger partial charge on any atom is -0.477 e. The van der Waals surface area contributed by atoms with E-state index in [0.29, 0.717) is 19.8 Å². The number of nitrogens with zero attached hydrogens (tertiary/aromatic N) is 2. The molecule has 0 radical (unpaired) electrons. The van der Waals surface area contributed by atoms with E-state index in [0.717, 1.165) is 25.1 Å². The predicted molar refractivity (Wildman–Crippen MR) is 67.3 cm³/mol. The maximum absolute atomic E-state index is 10.8. The first-order valence-electron chi connectivity index (χ1n) is 6.41. The average Bonchev–Trinajstić information content (AvgIpc) is 2.87. The molecule has 19 heavy (non-hydrogen) atoms. The summed E-state index contributed by atoms with van der Waals surface area (Å²) < 4.78 is 11.4. The number of anilines is 1. The average molecular weight is 264 g/mol. The van der Waals surface area contributed by atoms with Crippen molar-refractivity contribution in [2.45, 2.75) is 18.6 Å². The fourth-order valence-electron chi connectivity index (χ4n) is 2.64. The second-order valence-corrected chi connectivity index (χ2v) is 4.84. The van der Waals surface area contributed by atoms with Crippen molar-refractivity contribution in [2.75, 3.05) is 31.2 Å². The summed E-state index contributed by atoms with van der Waals surface area (Å²) in [7, 11) is 0. The normalized spacial score (nSPS) is 21.8. The summed E-state index contributed by atoms with van der Waals surface area (Å²) in [5, 5.41) is 8.84. The van der Waals surface area contributed by atoms with E-state index in [2.05, 4.69) is 9.88 Å². The maximum Gasteiger partial charge on any atom is 0.354 e. The van der Waals surface area contributed by atoms with Crippen molar-refractivity contribution in [1.82, 2.24) is 4.98 Å². The first kappa shape index (κ1) is 12.4. The number of piperidine rings is 1. The van der Waals surface area contributed by atoms with Crippen LogP contribution in [0.4, 0.5) is 5.69 Å². The molecule has 2 fully saturated rings. The van der Waals surface area contributed by atoms with E-state index in [-0.39, 0.29) is 5.69 Å². The van der Waals surface area contributed by atoms with Crippen LogP contribution in [0.3, 0.4) is 0 Å². The fraction of sp³-hybridized carbons (Fsp3) is 0.538. The summed E-state index contributed by atoms with van der Waals surface area (Å²) in [4.78, 5) is 16.9. The topological polar surface area (TPSA) is 71.9 Å². The van der Waals surface area contributed by atoms with Crippen LogP contribution in [-0.4, -0.2) is 48.2 Å². The zero-order valence-corrected chi connectivity index (χ0v) is 10.5. The van der Waals surface area contributed by atoms with Crippen LogP contribution in [0.5, 0.6) is 0 Å². The number of ether oxygens (including phenoxy) is 2. The molecule has 0 bridgehead atoms. The highest BCUT2D eigenvalue weighted by atomic mass is 16.7. The molecule has 3 heterocycles. The molecule has 2 aliphatic rings. The quantitative estimate of drug-likeness (QED) is 0.863. The molecule has 1 N–H and O–H groups in total. The zero-order valence-electron chi connectivity index (χ0n) is 10.5. The Labute approximate surface area is 111 Å². The van der Waals surface area contributed by atoms with Gasteiger partial charge in [0.15, 0.2) is 5.79 Å². The van der Waals surface area contributed by atoms with Gasteiger partial charge in [0, 0.05) is 13.0 Å². The number of hydrogen-bond acceptors (Lipinski definition) is 5. The summed E-state index contributed by atoms with van der Waals surface area (Å²) in [5.74, 6) is -1.49. The Hall–Kier alpha value is -1.66. The van der Waals surface area contributed by atoms with Crippen LogP contribution >= 0.6 is 0 Å². The molecule has 1 aromatic heterocycles. The van der Waals surface area contributed by atoms with Gasteiger partial charge in [0.2, 0.25) is 0 Å². The van der Waals surface area contributed by atoms with E-state index in [9.17, 15) is 4.79 Å². The lowest BCUT2D eigenvalue weighted by atomic mass is 10.0. The number of rotatable bonds is 2. The lowest BCUT2D eigenvalue weighted by molar-refractivity contribution is -0.161. The number of carbonyl (C=O) groups is 1. The number of aromatic nitrogens is 1. The van der Waals surface area contributed by atoms with Gasteiger partial charge in [-0.1, -0.05) is 0 Å². The highest BCUT2D eigenvalue weighted by Crippen LogP contribution is 2.32. The highest BCUT2D eigenvalue weighted by molar-refractivity contribution is 5.85. The predicted octanol–water partition coefficient (Wildman–Crippen LogP) is 1.12. The molecule has 2 aliphatic heterocycles. The van der Waals surface area contributed by atoms with Crippen molar-refractivity contribution in [3.8, 4) is 0 Å². The van der Waals surface area contributed by atoms with Gasteiger partial charge in [-0.3, -0.25) is 0 Å². The summed E-state index contributed by atoms with van der Waals surface area (Å²) in [5.41, 5.74) is 0.965. The van der Waals surface area contributed by atoms with E-state index < -0.39 is 11.8 Å². The summed E-state index contributed by atoms with van der Waals surface area (Å²) in [6.07, 6.45) is 3.49. The Kier molecular flexibility index (Phi) is 3.12. The smallest absolute Gasteiger partial charge is 0.354 e. The Morgan fingerprint density at radius 3 is 2.79 bits per heavy atom. The third-order valence-corrected chi connectivity index (χ3v) is 3.56. The van der Waals surface area contributed by atoms with Crippen LogP contribution in [0.1, 0.15) is 23.3 Å². The summed E-state index contributed by atoms with van der Waals surface area (Å²) >= 11 is 0. The lowest BCUT2D eigenvalue weighted by Gasteiger charge is -2.39. The van der Waals surface area contributed by atoms with Gasteiger partial charge in [-0.25, -0.2) is 9.78 Å². The van der Waals surface area contributed by atoms with E-state index in [1.807, 2.05) is 0 Å². The minimum atomic E-state index is -1.01. The van der Waals surface area contributed by atoms with Crippen LogP contribution in [-0.2, 0) is 9.47 Å². The molecular formula is C13H16N2O4. The van der Waals surface area contributed by atoms with Crippen molar-refractivity contribution in [2.24, 2.45) is 0 Å². The molecule has 102 valence electrons. The van der Waals surface area contributed by atoms with Gasteiger partial charge < -0.3 is 19.5 Å². The summed E-state index contributed by atoms with van der Waals surface area (Å²) in [6.45, 7) is 2.86.